The zero-order valence-electron chi connectivity index (χ0n) is 21.3. The van der Waals surface area contributed by atoms with Crippen LogP contribution >= 0.6 is 0 Å². The summed E-state index contributed by atoms with van der Waals surface area (Å²) >= 11 is 0. The Kier molecular flexibility index (Phi) is 6.51. The first-order valence-electron chi connectivity index (χ1n) is 12.6. The first-order valence-corrected chi connectivity index (χ1v) is 12.6. The molecule has 1 saturated carbocycles. The molecule has 0 amide bonds. The molecule has 1 fully saturated rings. The minimum Gasteiger partial charge on any atom is -0.467 e. The number of ether oxygens (including phenoxy) is 1. The third kappa shape index (κ3) is 4.81. The Morgan fingerprint density at radius 2 is 1.83 bits per heavy atom. The lowest BCUT2D eigenvalue weighted by molar-refractivity contribution is -0.144. The number of aromatic nitrogens is 5. The second kappa shape index (κ2) is 10.1. The largest absolute Gasteiger partial charge is 0.467 e. The van der Waals surface area contributed by atoms with E-state index in [9.17, 15) is 26.7 Å². The van der Waals surface area contributed by atoms with Gasteiger partial charge in [0.2, 0.25) is 6.04 Å². The number of methoxy groups -OCH3 is 1. The Labute approximate surface area is 229 Å². The first-order chi connectivity index (χ1) is 19.6. The van der Waals surface area contributed by atoms with Crippen LogP contribution < -0.4 is 0 Å². The van der Waals surface area contributed by atoms with Crippen molar-refractivity contribution in [3.05, 3.63) is 83.4 Å². The summed E-state index contributed by atoms with van der Waals surface area (Å²) in [6.45, 7) is 0. The van der Waals surface area contributed by atoms with Crippen LogP contribution in [0.4, 0.5) is 22.0 Å². The lowest BCUT2D eigenvalue weighted by Gasteiger charge is -2.27. The van der Waals surface area contributed by atoms with Gasteiger partial charge in [-0.2, -0.15) is 18.3 Å². The van der Waals surface area contributed by atoms with E-state index in [0.717, 1.165) is 43.2 Å². The molecule has 1 aromatic heterocycles. The average Bonchev–Trinajstić information content (AvgIpc) is 3.56. The number of esters is 1. The monoisotopic (exact) mass is 569 g/mol. The zero-order valence-corrected chi connectivity index (χ0v) is 21.3. The number of halogens is 5. The van der Waals surface area contributed by atoms with Crippen molar-refractivity contribution in [3.8, 4) is 34.0 Å². The lowest BCUT2D eigenvalue weighted by atomic mass is 9.79. The minimum absolute atomic E-state index is 0.0938. The van der Waals surface area contributed by atoms with Crippen molar-refractivity contribution in [3.63, 3.8) is 0 Å². The van der Waals surface area contributed by atoms with E-state index in [4.69, 9.17) is 9.26 Å². The summed E-state index contributed by atoms with van der Waals surface area (Å²) in [6.07, 6.45) is 0.566. The van der Waals surface area contributed by atoms with Gasteiger partial charge in [-0.1, -0.05) is 29.8 Å². The molecule has 8 nitrogen and oxygen atoms in total. The second-order valence-corrected chi connectivity index (χ2v) is 9.64. The number of hydrogen-bond acceptors (Lipinski definition) is 7. The van der Waals surface area contributed by atoms with Crippen LogP contribution in [-0.4, -0.2) is 38.0 Å². The Hall–Kier alpha value is -4.68. The Balaban J connectivity index is 1.38. The molecule has 3 heterocycles. The summed E-state index contributed by atoms with van der Waals surface area (Å²) in [5.41, 5.74) is -0.323. The molecular formula is C28H20F5N5O3. The number of alkyl halides is 3. The number of nitrogens with zero attached hydrogens (tertiary/aromatic N) is 5. The fraction of sp³-hybridized carbons (Fsp3) is 0.250. The molecule has 2 aromatic carbocycles. The van der Waals surface area contributed by atoms with E-state index in [1.54, 1.807) is 6.07 Å². The molecule has 1 aliphatic carbocycles. The molecule has 0 bridgehead atoms. The molecule has 3 aliphatic rings. The number of carbonyl (C=O) groups excluding carboxylic acids is 1. The van der Waals surface area contributed by atoms with Crippen LogP contribution in [0.3, 0.4) is 0 Å². The molecule has 1 unspecified atom stereocenters. The van der Waals surface area contributed by atoms with Gasteiger partial charge in [0.1, 0.15) is 17.1 Å². The van der Waals surface area contributed by atoms with Crippen LogP contribution in [0.15, 0.2) is 59.4 Å². The van der Waals surface area contributed by atoms with Gasteiger partial charge in [-0.15, -0.1) is 0 Å². The summed E-state index contributed by atoms with van der Waals surface area (Å²) < 4.78 is 81.5. The Morgan fingerprint density at radius 3 is 2.54 bits per heavy atom. The van der Waals surface area contributed by atoms with Crippen molar-refractivity contribution in [2.24, 2.45) is 0 Å². The third-order valence-electron chi connectivity index (χ3n) is 7.16. The van der Waals surface area contributed by atoms with Crippen LogP contribution in [0.5, 0.6) is 0 Å². The minimum atomic E-state index is -4.65. The van der Waals surface area contributed by atoms with Crippen LogP contribution in [0.1, 0.15) is 48.1 Å². The van der Waals surface area contributed by atoms with E-state index in [1.807, 2.05) is 0 Å². The molecule has 0 N–H and O–H groups in total. The second-order valence-electron chi connectivity index (χ2n) is 9.64. The molecule has 1 atom stereocenters. The van der Waals surface area contributed by atoms with Crippen LogP contribution in [-0.2, 0) is 15.7 Å². The fourth-order valence-corrected chi connectivity index (χ4v) is 4.80. The summed E-state index contributed by atoms with van der Waals surface area (Å²) in [7, 11) is 1.12. The van der Waals surface area contributed by atoms with Crippen molar-refractivity contribution < 1.29 is 36.0 Å². The van der Waals surface area contributed by atoms with E-state index < -0.39 is 35.4 Å². The summed E-state index contributed by atoms with van der Waals surface area (Å²) in [5, 5.41) is 7.99. The number of imidazole rings is 1. The molecule has 6 rings (SSSR count). The third-order valence-corrected chi connectivity index (χ3v) is 7.16. The first kappa shape index (κ1) is 26.5. The number of fused-ring (bicyclic) bond motifs is 1. The van der Waals surface area contributed by atoms with E-state index in [0.29, 0.717) is 5.56 Å². The Morgan fingerprint density at radius 1 is 1.05 bits per heavy atom. The quantitative estimate of drug-likeness (QED) is 0.172. The van der Waals surface area contributed by atoms with E-state index in [2.05, 4.69) is 20.2 Å². The molecule has 2 aliphatic heterocycles. The van der Waals surface area contributed by atoms with Crippen LogP contribution in [0, 0.1) is 11.6 Å². The fourth-order valence-electron chi connectivity index (χ4n) is 4.80. The molecule has 3 aromatic rings. The SMILES string of the molecule is COC(=O)C(c1cc(-c2ccc(C3CCC3)cc2C(F)(F)F)no1)n1cc2nc(-c3cccc(F)c3F)nc-2cn1. The maximum atomic E-state index is 14.3. The molecule has 41 heavy (non-hydrogen) atoms. The maximum absolute atomic E-state index is 14.3. The normalized spacial score (nSPS) is 14.7. The van der Waals surface area contributed by atoms with Crippen LogP contribution in [0.25, 0.3) is 34.0 Å². The van der Waals surface area contributed by atoms with Gasteiger partial charge in [0, 0.05) is 11.6 Å². The van der Waals surface area contributed by atoms with E-state index >= 15 is 0 Å². The van der Waals surface area contributed by atoms with Crippen molar-refractivity contribution in [1.82, 2.24) is 24.9 Å². The van der Waals surface area contributed by atoms with Crippen LogP contribution in [0.2, 0.25) is 0 Å². The van der Waals surface area contributed by atoms with Gasteiger partial charge < -0.3 is 9.26 Å². The molecule has 0 spiro atoms. The van der Waals surface area contributed by atoms with Gasteiger partial charge in [-0.3, -0.25) is 0 Å². The van der Waals surface area contributed by atoms with Gasteiger partial charge in [0.15, 0.2) is 23.2 Å². The summed E-state index contributed by atoms with van der Waals surface area (Å²) in [5.74, 6) is -3.19. The smallest absolute Gasteiger partial charge is 0.417 e. The predicted molar refractivity (Wildman–Crippen MR) is 133 cm³/mol. The summed E-state index contributed by atoms with van der Waals surface area (Å²) in [4.78, 5) is 21.2. The molecular weight excluding hydrogens is 549 g/mol. The van der Waals surface area contributed by atoms with E-state index in [1.165, 1.54) is 36.7 Å². The average molecular weight is 569 g/mol. The highest BCUT2D eigenvalue weighted by Crippen LogP contribution is 2.43. The van der Waals surface area contributed by atoms with Crippen molar-refractivity contribution >= 4 is 5.97 Å². The van der Waals surface area contributed by atoms with E-state index in [-0.39, 0.29) is 45.7 Å². The van der Waals surface area contributed by atoms with Crippen molar-refractivity contribution in [2.45, 2.75) is 37.4 Å². The standard InChI is InChI=1S/C28H20F5N5O3/c1-40-27(39)25(38-13-22-21(12-34-38)35-26(36-22)17-6-3-7-19(29)24(17)30)23-11-20(37-41-23)16-9-8-15(14-4-2-5-14)10-18(16)28(31,32)33/h3,6-14,25H,2,4-5H2,1H3. The number of benzene rings is 2. The highest BCUT2D eigenvalue weighted by molar-refractivity contribution is 5.78. The number of hydrogen-bond donors (Lipinski definition) is 0. The molecule has 13 heteroatoms. The lowest BCUT2D eigenvalue weighted by Crippen LogP contribution is -2.23. The molecule has 0 saturated heterocycles. The molecule has 210 valence electrons. The highest BCUT2D eigenvalue weighted by atomic mass is 19.4. The van der Waals surface area contributed by atoms with Crippen molar-refractivity contribution in [1.29, 1.82) is 0 Å². The molecule has 0 radical (unpaired) electrons. The topological polar surface area (TPSA) is 95.9 Å². The number of rotatable bonds is 6. The predicted octanol–water partition coefficient (Wildman–Crippen LogP) is 6.43. The van der Waals surface area contributed by atoms with Gasteiger partial charge in [-0.25, -0.2) is 28.2 Å². The summed E-state index contributed by atoms with van der Waals surface area (Å²) in [6, 6.07) is 7.57. The van der Waals surface area contributed by atoms with Gasteiger partial charge in [-0.05, 0) is 42.5 Å². The highest BCUT2D eigenvalue weighted by Gasteiger charge is 2.37. The Bertz CT molecular complexity index is 1730. The van der Waals surface area contributed by atoms with Crippen molar-refractivity contribution in [2.75, 3.05) is 7.11 Å². The van der Waals surface area contributed by atoms with Gasteiger partial charge in [0.05, 0.1) is 30.6 Å². The number of carbonyl (C=O) groups is 1. The zero-order chi connectivity index (χ0) is 28.9. The maximum Gasteiger partial charge on any atom is 0.417 e. The van der Waals surface area contributed by atoms with Gasteiger partial charge >= 0.3 is 12.1 Å². The van der Waals surface area contributed by atoms with Gasteiger partial charge in [0.25, 0.3) is 0 Å².